The summed E-state index contributed by atoms with van der Waals surface area (Å²) >= 11 is 0. The highest BCUT2D eigenvalue weighted by Gasteiger charge is 2.18. The molecule has 0 bridgehead atoms. The van der Waals surface area contributed by atoms with Crippen molar-refractivity contribution in [2.75, 3.05) is 67.6 Å². The Labute approximate surface area is 418 Å². The van der Waals surface area contributed by atoms with Crippen LogP contribution in [-0.4, -0.2) is 132 Å². The molecule has 8 N–H and O–H groups in total. The standard InChI is InChI=1S/C28H33N5O3S.C11H17N3O3S.C6H4ClNO3S.3H2O/c1-33(2)15-3-13-31-37(34)25-7-4-21(5-8-25)18-28-30-14-10-26(32-28)22-6-9-27(23(19-22)20-29)36-24-11-16-35-17-12-24;1-13(2)9-3-8-12-18(17)11-6-4-10(5-7-11)14(15)16;7-12(11)6-3-1-5(2-4-6)8(9)10;;;/h4-10,14,19,24,31H,3,11-13,15-18H2,1-2H3;4-7,12H,3,8-9H2,1-2H3;1-4H;3*1H2. The molecular formula is C45H60ClN9O12S3. The second kappa shape index (κ2) is 33.1. The van der Waals surface area contributed by atoms with Crippen molar-refractivity contribution >= 4 is 54.0 Å². The van der Waals surface area contributed by atoms with Crippen LogP contribution in [0, 0.1) is 31.6 Å². The molecule has 3 unspecified atom stereocenters. The van der Waals surface area contributed by atoms with Crippen molar-refractivity contribution in [2.24, 2.45) is 0 Å². The third-order valence-electron chi connectivity index (χ3n) is 9.59. The first-order chi connectivity index (χ1) is 32.1. The molecule has 1 aliphatic heterocycles. The van der Waals surface area contributed by atoms with Gasteiger partial charge in [-0.2, -0.15) is 5.26 Å². The molecule has 382 valence electrons. The van der Waals surface area contributed by atoms with Crippen LogP contribution in [0.2, 0.25) is 0 Å². The molecule has 25 heteroatoms. The van der Waals surface area contributed by atoms with Crippen LogP contribution in [0.15, 0.2) is 118 Å². The fourth-order valence-corrected chi connectivity index (χ4v) is 8.48. The first-order valence-corrected chi connectivity index (χ1v) is 25.3. The van der Waals surface area contributed by atoms with Crippen LogP contribution in [0.3, 0.4) is 0 Å². The van der Waals surface area contributed by atoms with Crippen LogP contribution in [0.5, 0.6) is 5.75 Å². The van der Waals surface area contributed by atoms with Crippen LogP contribution >= 0.6 is 10.7 Å². The van der Waals surface area contributed by atoms with Crippen molar-refractivity contribution < 1.29 is 48.4 Å². The molecular weight excluding hydrogens is 990 g/mol. The Bertz CT molecular complexity index is 2450. The number of aromatic nitrogens is 2. The van der Waals surface area contributed by atoms with E-state index in [-0.39, 0.29) is 33.9 Å². The zero-order valence-electron chi connectivity index (χ0n) is 39.1. The lowest BCUT2D eigenvalue weighted by Gasteiger charge is -2.23. The molecule has 1 fully saturated rings. The number of ether oxygens (including phenoxy) is 2. The number of halogens is 1. The summed E-state index contributed by atoms with van der Waals surface area (Å²) in [5.41, 5.74) is 3.07. The van der Waals surface area contributed by atoms with Crippen molar-refractivity contribution in [3.05, 3.63) is 140 Å². The number of nitro groups is 2. The molecule has 1 aliphatic rings. The largest absolute Gasteiger partial charge is 0.489 e. The monoisotopic (exact) mass is 1050 g/mol. The van der Waals surface area contributed by atoms with Gasteiger partial charge in [0, 0.05) is 68.4 Å². The summed E-state index contributed by atoms with van der Waals surface area (Å²) in [5, 5.41) is 30.3. The molecule has 0 spiro atoms. The van der Waals surface area contributed by atoms with Crippen molar-refractivity contribution in [2.45, 2.75) is 52.9 Å². The average molecular weight is 1050 g/mol. The Hall–Kier alpha value is -5.53. The number of benzene rings is 4. The van der Waals surface area contributed by atoms with Crippen molar-refractivity contribution in [3.63, 3.8) is 0 Å². The SMILES string of the molecule is CN(C)CCCNS(=O)c1ccc(Cc2nccc(-c3ccc(OC4CCOCC4)c(C#N)c3)n2)cc1.CN(C)CCCNS(=O)c1ccc([N+](=O)[O-])cc1.O.O.O.O=[N+]([O-])c1ccc(S(=O)Cl)cc1. The zero-order valence-corrected chi connectivity index (χ0v) is 42.3. The van der Waals surface area contributed by atoms with Crippen LogP contribution in [0.1, 0.15) is 42.6 Å². The number of nitro benzene ring substituents is 2. The van der Waals surface area contributed by atoms with E-state index in [2.05, 4.69) is 30.3 Å². The average Bonchev–Trinajstić information content (AvgIpc) is 3.32. The molecule has 0 aliphatic carbocycles. The van der Waals surface area contributed by atoms with E-state index < -0.39 is 41.8 Å². The lowest BCUT2D eigenvalue weighted by Crippen LogP contribution is -2.26. The van der Waals surface area contributed by atoms with E-state index in [4.69, 9.17) is 25.1 Å². The minimum atomic E-state index is -1.60. The summed E-state index contributed by atoms with van der Waals surface area (Å²) in [6.45, 7) is 4.58. The van der Waals surface area contributed by atoms with Crippen molar-refractivity contribution in [3.8, 4) is 23.1 Å². The Balaban J connectivity index is 0.000000618. The number of nitrogens with one attached hydrogen (secondary N) is 2. The van der Waals surface area contributed by atoms with Crippen molar-refractivity contribution in [1.82, 2.24) is 29.2 Å². The van der Waals surface area contributed by atoms with Gasteiger partial charge >= 0.3 is 0 Å². The minimum absolute atomic E-state index is 0. The fraction of sp³-hybridized carbons (Fsp3) is 0.356. The second-order valence-electron chi connectivity index (χ2n) is 15.3. The van der Waals surface area contributed by atoms with Gasteiger partial charge in [0.2, 0.25) is 0 Å². The summed E-state index contributed by atoms with van der Waals surface area (Å²) in [4.78, 5) is 34.6. The van der Waals surface area contributed by atoms with Gasteiger partial charge in [0.1, 0.15) is 55.7 Å². The topological polar surface area (TPSA) is 331 Å². The fourth-order valence-electron chi connectivity index (χ4n) is 6.06. The van der Waals surface area contributed by atoms with Gasteiger partial charge < -0.3 is 35.7 Å². The normalized spacial score (nSPS) is 13.2. The Morgan fingerprint density at radius 1 is 0.757 bits per heavy atom. The molecule has 1 saturated heterocycles. The van der Waals surface area contributed by atoms with Gasteiger partial charge in [-0.25, -0.2) is 32.0 Å². The lowest BCUT2D eigenvalue weighted by molar-refractivity contribution is -0.385. The number of hydrogen-bond donors (Lipinski definition) is 2. The van der Waals surface area contributed by atoms with Crippen LogP contribution < -0.4 is 14.2 Å². The van der Waals surface area contributed by atoms with Gasteiger partial charge in [-0.3, -0.25) is 20.2 Å². The van der Waals surface area contributed by atoms with Gasteiger partial charge in [0.25, 0.3) is 11.4 Å². The number of nitriles is 1. The quantitative estimate of drug-likeness (QED) is 0.0476. The molecule has 6 rings (SSSR count). The maximum absolute atomic E-state index is 12.5. The van der Waals surface area contributed by atoms with Gasteiger partial charge in [-0.05, 0) is 131 Å². The van der Waals surface area contributed by atoms with E-state index in [0.29, 0.717) is 59.7 Å². The molecule has 0 saturated carbocycles. The third kappa shape index (κ3) is 22.0. The second-order valence-corrected chi connectivity index (χ2v) is 19.7. The molecule has 0 radical (unpaired) electrons. The molecule has 4 aromatic carbocycles. The summed E-state index contributed by atoms with van der Waals surface area (Å²) in [6.07, 6.45) is 5.83. The lowest BCUT2D eigenvalue weighted by atomic mass is 10.1. The third-order valence-corrected chi connectivity index (χ3v) is 13.1. The van der Waals surface area contributed by atoms with E-state index in [1.54, 1.807) is 6.20 Å². The number of non-ortho nitro benzene ring substituents is 2. The summed E-state index contributed by atoms with van der Waals surface area (Å²) in [7, 11) is 9.11. The molecule has 3 atom stereocenters. The van der Waals surface area contributed by atoms with E-state index in [1.807, 2.05) is 76.7 Å². The zero-order chi connectivity index (χ0) is 48.7. The Morgan fingerprint density at radius 3 is 1.70 bits per heavy atom. The molecule has 70 heavy (non-hydrogen) atoms. The van der Waals surface area contributed by atoms with E-state index in [1.165, 1.54) is 48.5 Å². The molecule has 0 amide bonds. The molecule has 21 nitrogen and oxygen atoms in total. The maximum atomic E-state index is 12.5. The smallest absolute Gasteiger partial charge is 0.269 e. The van der Waals surface area contributed by atoms with Crippen LogP contribution in [0.4, 0.5) is 11.4 Å². The summed E-state index contributed by atoms with van der Waals surface area (Å²) < 4.78 is 52.3. The highest BCUT2D eigenvalue weighted by Crippen LogP contribution is 2.28. The Morgan fingerprint density at radius 2 is 1.24 bits per heavy atom. The van der Waals surface area contributed by atoms with Gasteiger partial charge in [0.15, 0.2) is 0 Å². The number of rotatable bonds is 20. The Kier molecular flexibility index (Phi) is 29.6. The van der Waals surface area contributed by atoms with E-state index >= 15 is 0 Å². The van der Waals surface area contributed by atoms with Crippen LogP contribution in [-0.2, 0) is 43.1 Å². The minimum Gasteiger partial charge on any atom is -0.489 e. The maximum Gasteiger partial charge on any atom is 0.269 e. The molecule has 5 aromatic rings. The molecule has 2 heterocycles. The van der Waals surface area contributed by atoms with Gasteiger partial charge in [-0.15, -0.1) is 0 Å². The molecule has 1 aromatic heterocycles. The summed E-state index contributed by atoms with van der Waals surface area (Å²) in [5.74, 6) is 1.27. The van der Waals surface area contributed by atoms with E-state index in [0.717, 1.165) is 60.5 Å². The predicted octanol–water partition coefficient (Wildman–Crippen LogP) is 4.27. The van der Waals surface area contributed by atoms with Crippen LogP contribution in [0.25, 0.3) is 11.3 Å². The first-order valence-electron chi connectivity index (χ1n) is 21.0. The van der Waals surface area contributed by atoms with Gasteiger partial charge in [0.05, 0.1) is 49.0 Å². The number of hydrogen-bond acceptors (Lipinski definition) is 14. The first kappa shape index (κ1) is 62.5. The van der Waals surface area contributed by atoms with Gasteiger partial charge in [-0.1, -0.05) is 12.1 Å². The summed E-state index contributed by atoms with van der Waals surface area (Å²) in [6, 6.07) is 28.3. The van der Waals surface area contributed by atoms with E-state index in [9.17, 15) is 38.1 Å². The van der Waals surface area contributed by atoms with Crippen molar-refractivity contribution in [1.29, 1.82) is 5.26 Å². The predicted molar refractivity (Wildman–Crippen MR) is 270 cm³/mol. The highest BCUT2D eigenvalue weighted by molar-refractivity contribution is 8.08. The number of nitrogens with zero attached hydrogens (tertiary/aromatic N) is 7. The highest BCUT2D eigenvalue weighted by atomic mass is 35.7.